The maximum atomic E-state index is 10.7. The van der Waals surface area contributed by atoms with E-state index in [0.29, 0.717) is 0 Å². The first-order chi connectivity index (χ1) is 6.24. The summed E-state index contributed by atoms with van der Waals surface area (Å²) in [6, 6.07) is 3.93. The monoisotopic (exact) mass is 239 g/mol. The van der Waals surface area contributed by atoms with Gasteiger partial charge in [0.1, 0.15) is 6.29 Å². The topological polar surface area (TPSA) is 30.0 Å². The molecule has 1 aliphatic rings. The molecule has 0 spiro atoms. The molecule has 0 aliphatic heterocycles. The van der Waals surface area contributed by atoms with Gasteiger partial charge < -0.3 is 4.79 Å². The molecule has 1 aromatic rings. The van der Waals surface area contributed by atoms with Gasteiger partial charge in [0.25, 0.3) is 0 Å². The first-order valence-corrected chi connectivity index (χ1v) is 5.10. The van der Waals surface area contributed by atoms with Crippen LogP contribution in [-0.2, 0) is 11.2 Å². The highest BCUT2D eigenvalue weighted by molar-refractivity contribution is 9.10. The Kier molecular flexibility index (Phi) is 2.20. The Morgan fingerprint density at radius 3 is 2.77 bits per heavy atom. The molecule has 0 atom stereocenters. The summed E-state index contributed by atoms with van der Waals surface area (Å²) >= 11 is 3.33. The van der Waals surface area contributed by atoms with E-state index >= 15 is 0 Å². The second-order valence-corrected chi connectivity index (χ2v) is 4.54. The Hall–Kier alpha value is -0.700. The van der Waals surface area contributed by atoms with Crippen LogP contribution in [-0.4, -0.2) is 11.3 Å². The van der Waals surface area contributed by atoms with Gasteiger partial charge in [-0.15, -0.1) is 0 Å². The van der Waals surface area contributed by atoms with Crippen molar-refractivity contribution in [1.82, 2.24) is 4.98 Å². The molecule has 68 valence electrons. The quantitative estimate of drug-likeness (QED) is 0.759. The molecule has 0 N–H and O–H groups in total. The van der Waals surface area contributed by atoms with Crippen molar-refractivity contribution in [3.8, 4) is 0 Å². The van der Waals surface area contributed by atoms with Crippen LogP contribution in [0.3, 0.4) is 0 Å². The lowest BCUT2D eigenvalue weighted by molar-refractivity contribution is -0.112. The summed E-state index contributed by atoms with van der Waals surface area (Å²) in [5, 5.41) is 0. The third kappa shape index (κ3) is 1.97. The normalized spacial score (nSPS) is 18.2. The Labute approximate surface area is 85.5 Å². The smallest absolute Gasteiger partial charge is 0.126 e. The summed E-state index contributed by atoms with van der Waals surface area (Å²) in [6.45, 7) is 0. The van der Waals surface area contributed by atoms with Gasteiger partial charge in [0.15, 0.2) is 0 Å². The van der Waals surface area contributed by atoms with Crippen molar-refractivity contribution in [2.75, 3.05) is 0 Å². The van der Waals surface area contributed by atoms with E-state index in [-0.39, 0.29) is 5.41 Å². The van der Waals surface area contributed by atoms with Gasteiger partial charge in [-0.2, -0.15) is 0 Å². The van der Waals surface area contributed by atoms with E-state index in [1.807, 2.05) is 12.1 Å². The van der Waals surface area contributed by atoms with Crippen molar-refractivity contribution in [2.24, 2.45) is 5.41 Å². The minimum absolute atomic E-state index is 0.0686. The summed E-state index contributed by atoms with van der Waals surface area (Å²) in [5.74, 6) is 0. The zero-order valence-corrected chi connectivity index (χ0v) is 8.75. The van der Waals surface area contributed by atoms with Crippen molar-refractivity contribution in [3.05, 3.63) is 28.5 Å². The van der Waals surface area contributed by atoms with Crippen molar-refractivity contribution in [2.45, 2.75) is 19.3 Å². The van der Waals surface area contributed by atoms with Crippen LogP contribution < -0.4 is 0 Å². The summed E-state index contributed by atoms with van der Waals surface area (Å²) in [6.07, 6.45) is 5.69. The third-order valence-electron chi connectivity index (χ3n) is 2.46. The molecule has 0 radical (unpaired) electrons. The van der Waals surface area contributed by atoms with Crippen molar-refractivity contribution in [3.63, 3.8) is 0 Å². The second-order valence-electron chi connectivity index (χ2n) is 3.62. The van der Waals surface area contributed by atoms with Crippen LogP contribution in [0.2, 0.25) is 0 Å². The van der Waals surface area contributed by atoms with Gasteiger partial charge in [0.05, 0.1) is 0 Å². The summed E-state index contributed by atoms with van der Waals surface area (Å²) < 4.78 is 0.979. The number of pyridine rings is 1. The molecular weight excluding hydrogens is 230 g/mol. The second kappa shape index (κ2) is 3.22. The van der Waals surface area contributed by atoms with E-state index in [0.717, 1.165) is 35.7 Å². The van der Waals surface area contributed by atoms with Gasteiger partial charge >= 0.3 is 0 Å². The fourth-order valence-corrected chi connectivity index (χ4v) is 1.60. The van der Waals surface area contributed by atoms with Gasteiger partial charge in [0.2, 0.25) is 0 Å². The standard InChI is InChI=1S/C10H10BrNO/c11-8-1-2-9(12-6-8)5-10(7-13)3-4-10/h1-2,6-7H,3-5H2. The van der Waals surface area contributed by atoms with Gasteiger partial charge in [-0.25, -0.2) is 0 Å². The fourth-order valence-electron chi connectivity index (χ4n) is 1.37. The Morgan fingerprint density at radius 2 is 2.31 bits per heavy atom. The van der Waals surface area contributed by atoms with Crippen molar-refractivity contribution < 1.29 is 4.79 Å². The number of rotatable bonds is 3. The fraction of sp³-hybridized carbons (Fsp3) is 0.400. The van der Waals surface area contributed by atoms with Gasteiger partial charge in [-0.1, -0.05) is 0 Å². The Morgan fingerprint density at radius 1 is 1.54 bits per heavy atom. The Balaban J connectivity index is 2.10. The van der Waals surface area contributed by atoms with E-state index in [9.17, 15) is 4.79 Å². The molecular formula is C10H10BrNO. The van der Waals surface area contributed by atoms with E-state index in [4.69, 9.17) is 0 Å². The lowest BCUT2D eigenvalue weighted by Gasteiger charge is -2.05. The molecule has 0 unspecified atom stereocenters. The highest BCUT2D eigenvalue weighted by atomic mass is 79.9. The highest BCUT2D eigenvalue weighted by Crippen LogP contribution is 2.45. The number of aldehydes is 1. The van der Waals surface area contributed by atoms with Crippen LogP contribution in [0.15, 0.2) is 22.8 Å². The number of nitrogens with zero attached hydrogens (tertiary/aromatic N) is 1. The van der Waals surface area contributed by atoms with E-state index < -0.39 is 0 Å². The molecule has 1 aliphatic carbocycles. The average molecular weight is 240 g/mol. The minimum atomic E-state index is -0.0686. The maximum Gasteiger partial charge on any atom is 0.126 e. The first-order valence-electron chi connectivity index (χ1n) is 4.31. The number of halogens is 1. The van der Waals surface area contributed by atoms with Crippen LogP contribution >= 0.6 is 15.9 Å². The van der Waals surface area contributed by atoms with Crippen molar-refractivity contribution in [1.29, 1.82) is 0 Å². The molecule has 0 aromatic carbocycles. The molecule has 1 aromatic heterocycles. The molecule has 2 nitrogen and oxygen atoms in total. The summed E-state index contributed by atoms with van der Waals surface area (Å²) in [4.78, 5) is 15.0. The van der Waals surface area contributed by atoms with Gasteiger partial charge in [-0.3, -0.25) is 4.98 Å². The molecule has 1 heterocycles. The number of hydrogen-bond donors (Lipinski definition) is 0. The average Bonchev–Trinajstić information content (AvgIpc) is 2.90. The molecule has 13 heavy (non-hydrogen) atoms. The molecule has 2 rings (SSSR count). The van der Waals surface area contributed by atoms with E-state index in [1.165, 1.54) is 0 Å². The van der Waals surface area contributed by atoms with Crippen LogP contribution in [0.1, 0.15) is 18.5 Å². The Bertz CT molecular complexity index is 316. The highest BCUT2D eigenvalue weighted by Gasteiger charge is 2.42. The first kappa shape index (κ1) is 8.88. The van der Waals surface area contributed by atoms with Crippen LogP contribution in [0.5, 0.6) is 0 Å². The number of aromatic nitrogens is 1. The zero-order chi connectivity index (χ0) is 9.31. The number of carbonyl (C=O) groups is 1. The molecule has 0 bridgehead atoms. The SMILES string of the molecule is O=CC1(Cc2ccc(Br)cn2)CC1. The largest absolute Gasteiger partial charge is 0.303 e. The maximum absolute atomic E-state index is 10.7. The minimum Gasteiger partial charge on any atom is -0.303 e. The van der Waals surface area contributed by atoms with E-state index in [1.54, 1.807) is 6.20 Å². The summed E-state index contributed by atoms with van der Waals surface area (Å²) in [7, 11) is 0. The predicted molar refractivity (Wildman–Crippen MR) is 53.4 cm³/mol. The summed E-state index contributed by atoms with van der Waals surface area (Å²) in [5.41, 5.74) is 0.939. The lowest BCUT2D eigenvalue weighted by atomic mass is 10.0. The van der Waals surface area contributed by atoms with Gasteiger partial charge in [0, 0.05) is 28.2 Å². The van der Waals surface area contributed by atoms with Crippen molar-refractivity contribution >= 4 is 22.2 Å². The van der Waals surface area contributed by atoms with Crippen LogP contribution in [0.4, 0.5) is 0 Å². The van der Waals surface area contributed by atoms with Crippen LogP contribution in [0.25, 0.3) is 0 Å². The predicted octanol–water partition coefficient (Wildman–Crippen LogP) is 2.37. The zero-order valence-electron chi connectivity index (χ0n) is 7.16. The van der Waals surface area contributed by atoms with E-state index in [2.05, 4.69) is 20.9 Å². The lowest BCUT2D eigenvalue weighted by Crippen LogP contribution is -2.07. The molecule has 0 saturated heterocycles. The molecule has 0 amide bonds. The third-order valence-corrected chi connectivity index (χ3v) is 2.93. The van der Waals surface area contributed by atoms with Crippen LogP contribution in [0, 0.1) is 5.41 Å². The molecule has 1 saturated carbocycles. The number of hydrogen-bond acceptors (Lipinski definition) is 2. The molecule has 3 heteroatoms. The number of carbonyl (C=O) groups excluding carboxylic acids is 1. The van der Waals surface area contributed by atoms with Gasteiger partial charge in [-0.05, 0) is 40.9 Å². The molecule has 1 fully saturated rings.